The van der Waals surface area contributed by atoms with Gasteiger partial charge in [0.15, 0.2) is 0 Å². The summed E-state index contributed by atoms with van der Waals surface area (Å²) in [6.45, 7) is 8.46. The molecule has 0 spiro atoms. The molecule has 0 saturated carbocycles. The number of rotatable bonds is 6. The lowest BCUT2D eigenvalue weighted by Crippen LogP contribution is -2.56. The van der Waals surface area contributed by atoms with Gasteiger partial charge in [0.25, 0.3) is 0 Å². The summed E-state index contributed by atoms with van der Waals surface area (Å²) in [7, 11) is 2.17. The summed E-state index contributed by atoms with van der Waals surface area (Å²) in [5, 5.41) is 12.9. The second kappa shape index (κ2) is 6.38. The van der Waals surface area contributed by atoms with Crippen molar-refractivity contribution in [3.63, 3.8) is 0 Å². The Hall–Kier alpha value is -0.380. The van der Waals surface area contributed by atoms with Gasteiger partial charge >= 0.3 is 0 Å². The van der Waals surface area contributed by atoms with Crippen LogP contribution in [0.1, 0.15) is 32.6 Å². The number of aliphatic hydroxyl groups is 1. The molecule has 3 nitrogen and oxygen atoms in total. The summed E-state index contributed by atoms with van der Waals surface area (Å²) in [5.74, 6) is 0. The van der Waals surface area contributed by atoms with Crippen LogP contribution in [0.4, 0.5) is 0 Å². The van der Waals surface area contributed by atoms with Gasteiger partial charge in [-0.05, 0) is 45.8 Å². The van der Waals surface area contributed by atoms with Crippen molar-refractivity contribution >= 4 is 0 Å². The van der Waals surface area contributed by atoms with Gasteiger partial charge in [-0.15, -0.1) is 6.58 Å². The summed E-state index contributed by atoms with van der Waals surface area (Å²) in [4.78, 5) is 2.36. The third kappa shape index (κ3) is 3.58. The molecule has 2 N–H and O–H groups in total. The second-order valence-corrected chi connectivity index (χ2v) is 5.01. The molecular weight excluding hydrogens is 200 g/mol. The molecule has 1 saturated heterocycles. The van der Waals surface area contributed by atoms with Crippen molar-refractivity contribution in [1.82, 2.24) is 10.2 Å². The van der Waals surface area contributed by atoms with Crippen LogP contribution in [0.3, 0.4) is 0 Å². The van der Waals surface area contributed by atoms with Gasteiger partial charge in [0.05, 0.1) is 6.61 Å². The average molecular weight is 226 g/mol. The van der Waals surface area contributed by atoms with E-state index in [0.29, 0.717) is 0 Å². The van der Waals surface area contributed by atoms with E-state index in [-0.39, 0.29) is 18.2 Å². The van der Waals surface area contributed by atoms with Crippen molar-refractivity contribution in [2.75, 3.05) is 26.7 Å². The van der Waals surface area contributed by atoms with Gasteiger partial charge in [-0.1, -0.05) is 13.0 Å². The van der Waals surface area contributed by atoms with Crippen molar-refractivity contribution in [2.24, 2.45) is 0 Å². The Morgan fingerprint density at radius 3 is 2.56 bits per heavy atom. The fourth-order valence-corrected chi connectivity index (χ4v) is 2.44. The van der Waals surface area contributed by atoms with E-state index in [9.17, 15) is 5.11 Å². The van der Waals surface area contributed by atoms with Gasteiger partial charge in [-0.25, -0.2) is 0 Å². The van der Waals surface area contributed by atoms with Crippen molar-refractivity contribution in [3.8, 4) is 0 Å². The smallest absolute Gasteiger partial charge is 0.0584 e. The number of piperidine rings is 1. The molecular formula is C13H26N2O. The van der Waals surface area contributed by atoms with E-state index in [0.717, 1.165) is 38.8 Å². The first-order valence-electron chi connectivity index (χ1n) is 6.34. The molecule has 1 unspecified atom stereocenters. The quantitative estimate of drug-likeness (QED) is 0.672. The topological polar surface area (TPSA) is 35.5 Å². The van der Waals surface area contributed by atoms with E-state index in [4.69, 9.17) is 0 Å². The number of aliphatic hydroxyl groups excluding tert-OH is 1. The van der Waals surface area contributed by atoms with E-state index in [1.165, 1.54) is 0 Å². The van der Waals surface area contributed by atoms with Crippen LogP contribution in [0.2, 0.25) is 0 Å². The molecule has 1 heterocycles. The second-order valence-electron chi connectivity index (χ2n) is 5.01. The highest BCUT2D eigenvalue weighted by Crippen LogP contribution is 2.26. The van der Waals surface area contributed by atoms with Gasteiger partial charge in [0, 0.05) is 11.6 Å². The van der Waals surface area contributed by atoms with E-state index >= 15 is 0 Å². The van der Waals surface area contributed by atoms with E-state index in [1.807, 2.05) is 6.08 Å². The van der Waals surface area contributed by atoms with Gasteiger partial charge in [-0.3, -0.25) is 0 Å². The zero-order valence-electron chi connectivity index (χ0n) is 10.7. The molecule has 0 aliphatic carbocycles. The monoisotopic (exact) mass is 226 g/mol. The van der Waals surface area contributed by atoms with Crippen LogP contribution in [-0.2, 0) is 0 Å². The minimum atomic E-state index is 0.164. The van der Waals surface area contributed by atoms with Crippen LogP contribution < -0.4 is 5.32 Å². The molecule has 0 radical (unpaired) electrons. The molecule has 0 bridgehead atoms. The van der Waals surface area contributed by atoms with Crippen molar-refractivity contribution in [2.45, 2.75) is 44.2 Å². The maximum absolute atomic E-state index is 9.29. The zero-order valence-corrected chi connectivity index (χ0v) is 10.7. The maximum Gasteiger partial charge on any atom is 0.0584 e. The fourth-order valence-electron chi connectivity index (χ4n) is 2.44. The average Bonchev–Trinajstić information content (AvgIpc) is 2.30. The Balaban J connectivity index is 2.61. The summed E-state index contributed by atoms with van der Waals surface area (Å²) in [6.07, 6.45) is 6.27. The molecule has 1 aliphatic rings. The molecule has 0 aromatic heterocycles. The Morgan fingerprint density at radius 1 is 1.50 bits per heavy atom. The lowest BCUT2D eigenvalue weighted by molar-refractivity contribution is 0.124. The molecule has 16 heavy (non-hydrogen) atoms. The molecule has 3 heteroatoms. The highest BCUT2D eigenvalue weighted by molar-refractivity contribution is 4.98. The number of hydrogen-bond acceptors (Lipinski definition) is 3. The summed E-state index contributed by atoms with van der Waals surface area (Å²) >= 11 is 0. The highest BCUT2D eigenvalue weighted by Gasteiger charge is 2.33. The van der Waals surface area contributed by atoms with Crippen LogP contribution in [-0.4, -0.2) is 48.3 Å². The Labute approximate surface area is 99.5 Å². The van der Waals surface area contributed by atoms with Gasteiger partial charge < -0.3 is 15.3 Å². The van der Waals surface area contributed by atoms with E-state index in [2.05, 4.69) is 30.8 Å². The fraction of sp³-hybridized carbons (Fsp3) is 0.846. The Morgan fingerprint density at radius 2 is 2.12 bits per heavy atom. The van der Waals surface area contributed by atoms with Gasteiger partial charge in [0.1, 0.15) is 0 Å². The molecule has 1 aliphatic heterocycles. The predicted molar refractivity (Wildman–Crippen MR) is 68.6 cm³/mol. The predicted octanol–water partition coefficient (Wildman–Crippen LogP) is 1.39. The van der Waals surface area contributed by atoms with Crippen LogP contribution in [0.5, 0.6) is 0 Å². The summed E-state index contributed by atoms with van der Waals surface area (Å²) in [6, 6.07) is 0.225. The minimum absolute atomic E-state index is 0.164. The van der Waals surface area contributed by atoms with Crippen LogP contribution in [0, 0.1) is 0 Å². The first kappa shape index (κ1) is 13.7. The Bertz CT molecular complexity index is 206. The number of nitrogens with one attached hydrogen (secondary N) is 1. The Kier molecular flexibility index (Phi) is 5.46. The first-order valence-corrected chi connectivity index (χ1v) is 6.34. The highest BCUT2D eigenvalue weighted by atomic mass is 16.3. The summed E-state index contributed by atoms with van der Waals surface area (Å²) in [5.41, 5.74) is 0.164. The molecule has 1 fully saturated rings. The molecule has 1 atom stereocenters. The summed E-state index contributed by atoms with van der Waals surface area (Å²) < 4.78 is 0. The van der Waals surface area contributed by atoms with Gasteiger partial charge in [0.2, 0.25) is 0 Å². The standard InChI is InChI=1S/C13H26N2O/c1-4-6-13(14-12(5-2)11-16)7-9-15(3)10-8-13/h4,12,14,16H,1,5-11H2,2-3H3. The molecule has 0 aromatic rings. The maximum atomic E-state index is 9.29. The van der Waals surface area contributed by atoms with Crippen molar-refractivity contribution in [1.29, 1.82) is 0 Å². The SMILES string of the molecule is C=CCC1(NC(CC)CO)CCN(C)CC1. The lowest BCUT2D eigenvalue weighted by Gasteiger charge is -2.43. The lowest BCUT2D eigenvalue weighted by atomic mass is 9.83. The van der Waals surface area contributed by atoms with Crippen LogP contribution >= 0.6 is 0 Å². The molecule has 0 aromatic carbocycles. The van der Waals surface area contributed by atoms with E-state index in [1.54, 1.807) is 0 Å². The number of likely N-dealkylation sites (tertiary alicyclic amines) is 1. The zero-order chi connectivity index (χ0) is 12.0. The van der Waals surface area contributed by atoms with Crippen LogP contribution in [0.15, 0.2) is 12.7 Å². The minimum Gasteiger partial charge on any atom is -0.395 e. The first-order chi connectivity index (χ1) is 7.65. The van der Waals surface area contributed by atoms with Crippen molar-refractivity contribution in [3.05, 3.63) is 12.7 Å². The normalized spacial score (nSPS) is 22.9. The van der Waals surface area contributed by atoms with Gasteiger partial charge in [-0.2, -0.15) is 0 Å². The molecule has 94 valence electrons. The number of hydrogen-bond donors (Lipinski definition) is 2. The third-order valence-electron chi connectivity index (χ3n) is 3.70. The van der Waals surface area contributed by atoms with Crippen molar-refractivity contribution < 1.29 is 5.11 Å². The largest absolute Gasteiger partial charge is 0.395 e. The third-order valence-corrected chi connectivity index (χ3v) is 3.70. The van der Waals surface area contributed by atoms with E-state index < -0.39 is 0 Å². The molecule has 0 amide bonds. The molecule has 1 rings (SSSR count). The van der Waals surface area contributed by atoms with Crippen LogP contribution in [0.25, 0.3) is 0 Å². The number of nitrogens with zero attached hydrogens (tertiary/aromatic N) is 1.